The van der Waals surface area contributed by atoms with E-state index in [0.717, 1.165) is 17.2 Å². The molecule has 0 saturated heterocycles. The van der Waals surface area contributed by atoms with Crippen molar-refractivity contribution < 1.29 is 32.2 Å². The van der Waals surface area contributed by atoms with Crippen LogP contribution in [0.15, 0.2) is 54.9 Å². The Bertz CT molecular complexity index is 1180. The summed E-state index contributed by atoms with van der Waals surface area (Å²) in [5.74, 6) is -1.93. The van der Waals surface area contributed by atoms with E-state index in [4.69, 9.17) is 0 Å². The van der Waals surface area contributed by atoms with Crippen LogP contribution < -0.4 is 15.4 Å². The maximum atomic E-state index is 14.6. The summed E-state index contributed by atoms with van der Waals surface area (Å²) in [6, 6.07) is 10.4. The van der Waals surface area contributed by atoms with Crippen molar-refractivity contribution in [2.24, 2.45) is 0 Å². The number of hydrogen-bond donors (Lipinski definition) is 3. The maximum Gasteiger partial charge on any atom is 0.422 e. The lowest BCUT2D eigenvalue weighted by Gasteiger charge is -2.16. The number of nitrogens with one attached hydrogen (secondary N) is 2. The van der Waals surface area contributed by atoms with Gasteiger partial charge in [-0.3, -0.25) is 4.98 Å². The largest absolute Gasteiger partial charge is 0.484 e. The van der Waals surface area contributed by atoms with Crippen molar-refractivity contribution in [3.8, 4) is 16.9 Å². The van der Waals surface area contributed by atoms with E-state index < -0.39 is 24.6 Å². The number of nitrogens with zero attached hydrogens (tertiary/aromatic N) is 1. The number of benzene rings is 2. The summed E-state index contributed by atoms with van der Waals surface area (Å²) in [5, 5.41) is 15.7. The highest BCUT2D eigenvalue weighted by Gasteiger charge is 2.28. The molecule has 0 bridgehead atoms. The summed E-state index contributed by atoms with van der Waals surface area (Å²) in [6.07, 6.45) is -1.64. The topological polar surface area (TPSA) is 83.5 Å². The number of aromatic carboxylic acids is 1. The molecule has 1 aliphatic heterocycles. The Hall–Kier alpha value is -3.66. The monoisotopic (exact) mass is 461 g/mol. The minimum Gasteiger partial charge on any atom is -0.484 e. The second-order valence-corrected chi connectivity index (χ2v) is 7.50. The molecule has 10 heteroatoms. The summed E-state index contributed by atoms with van der Waals surface area (Å²) in [7, 11) is 0. The molecule has 1 aromatic heterocycles. The Kier molecular flexibility index (Phi) is 6.19. The number of hydrogen-bond acceptors (Lipinski definition) is 5. The molecule has 4 rings (SSSR count). The zero-order chi connectivity index (χ0) is 23.6. The van der Waals surface area contributed by atoms with Crippen molar-refractivity contribution in [3.63, 3.8) is 0 Å². The van der Waals surface area contributed by atoms with E-state index in [2.05, 4.69) is 20.4 Å². The fourth-order valence-corrected chi connectivity index (χ4v) is 3.71. The second-order valence-electron chi connectivity index (χ2n) is 7.50. The minimum absolute atomic E-state index is 0.0982. The van der Waals surface area contributed by atoms with E-state index >= 15 is 0 Å². The third kappa shape index (κ3) is 5.23. The van der Waals surface area contributed by atoms with Crippen molar-refractivity contribution in [2.45, 2.75) is 18.8 Å². The molecular formula is C23H19F4N3O3. The van der Waals surface area contributed by atoms with Crippen molar-refractivity contribution in [2.75, 3.05) is 18.5 Å². The first-order valence-corrected chi connectivity index (χ1v) is 9.98. The van der Waals surface area contributed by atoms with E-state index in [1.165, 1.54) is 30.6 Å². The summed E-state index contributed by atoms with van der Waals surface area (Å²) >= 11 is 0. The molecule has 0 aliphatic carbocycles. The van der Waals surface area contributed by atoms with E-state index in [-0.39, 0.29) is 22.9 Å². The van der Waals surface area contributed by atoms with Crippen LogP contribution in [-0.2, 0) is 6.54 Å². The maximum absolute atomic E-state index is 14.6. The molecule has 3 N–H and O–H groups in total. The van der Waals surface area contributed by atoms with Gasteiger partial charge in [-0.05, 0) is 41.0 Å². The molecule has 0 amide bonds. The van der Waals surface area contributed by atoms with Gasteiger partial charge in [0.25, 0.3) is 0 Å². The van der Waals surface area contributed by atoms with Crippen molar-refractivity contribution in [3.05, 3.63) is 77.4 Å². The molecule has 6 nitrogen and oxygen atoms in total. The Morgan fingerprint density at radius 3 is 2.76 bits per heavy atom. The predicted octanol–water partition coefficient (Wildman–Crippen LogP) is 4.78. The van der Waals surface area contributed by atoms with Crippen LogP contribution in [0.2, 0.25) is 0 Å². The molecule has 0 fully saturated rings. The fraction of sp³-hybridized carbons (Fsp3) is 0.217. The molecule has 0 saturated carbocycles. The zero-order valence-electron chi connectivity index (χ0n) is 17.1. The normalized spacial score (nSPS) is 15.2. The number of pyridine rings is 1. The highest BCUT2D eigenvalue weighted by Crippen LogP contribution is 2.33. The number of carbonyl (C=O) groups is 1. The molecule has 172 valence electrons. The first kappa shape index (κ1) is 22.5. The fourth-order valence-electron chi connectivity index (χ4n) is 3.71. The summed E-state index contributed by atoms with van der Waals surface area (Å²) in [5.41, 5.74) is 3.30. The van der Waals surface area contributed by atoms with Crippen LogP contribution in [0.5, 0.6) is 5.75 Å². The van der Waals surface area contributed by atoms with Gasteiger partial charge in [-0.15, -0.1) is 0 Å². The van der Waals surface area contributed by atoms with Gasteiger partial charge in [0.1, 0.15) is 11.6 Å². The number of aromatic nitrogens is 1. The Balaban J connectivity index is 1.47. The Morgan fingerprint density at radius 2 is 2.03 bits per heavy atom. The second kappa shape index (κ2) is 9.07. The number of anilines is 1. The molecule has 3 aromatic rings. The van der Waals surface area contributed by atoms with E-state index in [0.29, 0.717) is 24.3 Å². The van der Waals surface area contributed by atoms with E-state index in [1.807, 2.05) is 12.1 Å². The van der Waals surface area contributed by atoms with Crippen LogP contribution >= 0.6 is 0 Å². The van der Waals surface area contributed by atoms with Gasteiger partial charge in [-0.25, -0.2) is 9.18 Å². The third-order valence-corrected chi connectivity index (χ3v) is 5.26. The van der Waals surface area contributed by atoms with Gasteiger partial charge < -0.3 is 20.5 Å². The average Bonchev–Trinajstić information content (AvgIpc) is 3.18. The number of fused-ring (bicyclic) bond motifs is 1. The van der Waals surface area contributed by atoms with Gasteiger partial charge in [0.05, 0.1) is 23.5 Å². The molecular weight excluding hydrogens is 442 g/mol. The Labute approximate surface area is 186 Å². The van der Waals surface area contributed by atoms with Crippen LogP contribution in [0.1, 0.15) is 27.5 Å². The first-order valence-electron chi connectivity index (χ1n) is 9.98. The number of alkyl halides is 3. The smallest absolute Gasteiger partial charge is 0.422 e. The van der Waals surface area contributed by atoms with E-state index in [9.17, 15) is 27.5 Å². The SMILES string of the molecule is O=C(O)c1ccncc1NC[C@H]1NCc2cc(-c3ccc(OCC(F)(F)F)cc3F)ccc21. The lowest BCUT2D eigenvalue weighted by molar-refractivity contribution is -0.153. The van der Waals surface area contributed by atoms with Gasteiger partial charge in [0, 0.05) is 30.9 Å². The van der Waals surface area contributed by atoms with Crippen LogP contribution in [0, 0.1) is 5.82 Å². The number of carboxylic acids is 1. The quantitative estimate of drug-likeness (QED) is 0.439. The molecule has 33 heavy (non-hydrogen) atoms. The molecule has 0 spiro atoms. The van der Waals surface area contributed by atoms with Crippen molar-refractivity contribution in [1.29, 1.82) is 0 Å². The summed E-state index contributed by atoms with van der Waals surface area (Å²) in [4.78, 5) is 15.3. The highest BCUT2D eigenvalue weighted by molar-refractivity contribution is 5.93. The number of rotatable bonds is 7. The molecule has 0 radical (unpaired) electrons. The molecule has 2 aromatic carbocycles. The lowest BCUT2D eigenvalue weighted by Crippen LogP contribution is -2.22. The van der Waals surface area contributed by atoms with Gasteiger partial charge in [-0.1, -0.05) is 12.1 Å². The van der Waals surface area contributed by atoms with Gasteiger partial charge in [0.2, 0.25) is 0 Å². The molecule has 0 unspecified atom stereocenters. The number of halogens is 4. The van der Waals surface area contributed by atoms with Crippen LogP contribution in [0.3, 0.4) is 0 Å². The number of ether oxygens (including phenoxy) is 1. The first-order chi connectivity index (χ1) is 15.7. The summed E-state index contributed by atoms with van der Waals surface area (Å²) < 4.78 is 56.0. The van der Waals surface area contributed by atoms with Crippen molar-refractivity contribution in [1.82, 2.24) is 10.3 Å². The van der Waals surface area contributed by atoms with E-state index in [1.54, 1.807) is 6.07 Å². The minimum atomic E-state index is -4.50. The predicted molar refractivity (Wildman–Crippen MR) is 113 cm³/mol. The Morgan fingerprint density at radius 1 is 1.21 bits per heavy atom. The molecule has 1 atom stereocenters. The van der Waals surface area contributed by atoms with Gasteiger partial charge in [0.15, 0.2) is 6.61 Å². The highest BCUT2D eigenvalue weighted by atomic mass is 19.4. The lowest BCUT2D eigenvalue weighted by atomic mass is 9.97. The summed E-state index contributed by atoms with van der Waals surface area (Å²) in [6.45, 7) is -0.542. The van der Waals surface area contributed by atoms with Crippen LogP contribution in [-0.4, -0.2) is 35.4 Å². The zero-order valence-corrected chi connectivity index (χ0v) is 17.1. The van der Waals surface area contributed by atoms with Crippen LogP contribution in [0.4, 0.5) is 23.2 Å². The molecule has 2 heterocycles. The van der Waals surface area contributed by atoms with Crippen molar-refractivity contribution >= 4 is 11.7 Å². The van der Waals surface area contributed by atoms with Gasteiger partial charge in [-0.2, -0.15) is 13.2 Å². The molecule has 1 aliphatic rings. The van der Waals surface area contributed by atoms with Crippen LogP contribution in [0.25, 0.3) is 11.1 Å². The standard InChI is InChI=1S/C23H19F4N3O3/c24-19-8-15(33-12-23(25,26)27)2-4-16(19)13-1-3-17-14(7-13)9-29-21(17)11-30-20-10-28-6-5-18(20)22(31)32/h1-8,10,21,29-30H,9,11-12H2,(H,31,32)/t21-/m1/s1. The number of carboxylic acid groups (broad SMARTS) is 1. The average molecular weight is 461 g/mol. The van der Waals surface area contributed by atoms with Gasteiger partial charge >= 0.3 is 12.1 Å². The third-order valence-electron chi connectivity index (χ3n) is 5.26.